The Hall–Kier alpha value is -0.0116. The summed E-state index contributed by atoms with van der Waals surface area (Å²) in [6, 6.07) is 0. The van der Waals surface area contributed by atoms with Gasteiger partial charge in [-0.3, -0.25) is 0 Å². The summed E-state index contributed by atoms with van der Waals surface area (Å²) < 4.78 is 7.35. The second kappa shape index (κ2) is 1.62. The van der Waals surface area contributed by atoms with Gasteiger partial charge in [0.2, 0.25) is 0 Å². The molecule has 6 heavy (non-hydrogen) atoms. The fraction of sp³-hybridized carbons (Fsp3) is 0.500. The molecule has 0 aromatic rings. The molecule has 3 nitrogen and oxygen atoms in total. The van der Waals surface area contributed by atoms with Gasteiger partial charge in [-0.2, -0.15) is 0 Å². The molecule has 0 radical (unpaired) electrons. The van der Waals surface area contributed by atoms with Gasteiger partial charge in [0.25, 0.3) is 0 Å². The summed E-state index contributed by atoms with van der Waals surface area (Å²) >= 11 is -0.505. The molecule has 0 aliphatic carbocycles. The predicted molar refractivity (Wildman–Crippen MR) is 21.2 cm³/mol. The molecule has 0 amide bonds. The molecular weight excluding hydrogens is 145 g/mol. The van der Waals surface area contributed by atoms with Crippen LogP contribution < -0.4 is 4.23 Å². The molecule has 1 rings (SSSR count). The predicted octanol–water partition coefficient (Wildman–Crippen LogP) is -1.60. The molecule has 1 aliphatic rings. The Morgan fingerprint density at radius 1 is 2.00 bits per heavy atom. The van der Waals surface area contributed by atoms with E-state index in [1.54, 1.807) is 0 Å². The van der Waals surface area contributed by atoms with Gasteiger partial charge >= 0.3 is 41.6 Å². The number of carbonyl (C=O) groups excluding carboxylic acids is 1. The first-order valence-corrected chi connectivity index (χ1v) is 3.48. The minimum absolute atomic E-state index is 0.102. The first kappa shape index (κ1) is 4.16. The van der Waals surface area contributed by atoms with E-state index in [2.05, 4.69) is 7.96 Å². The van der Waals surface area contributed by atoms with Gasteiger partial charge in [0.1, 0.15) is 0 Å². The molecule has 1 N–H and O–H groups in total. The van der Waals surface area contributed by atoms with E-state index in [-0.39, 0.29) is 5.97 Å². The number of hydrogen-bond acceptors (Lipinski definition) is 3. The van der Waals surface area contributed by atoms with Crippen molar-refractivity contribution in [1.82, 2.24) is 4.23 Å². The topological polar surface area (TPSA) is 38.3 Å². The van der Waals surface area contributed by atoms with E-state index in [1.807, 2.05) is 0 Å². The normalized spacial score (nSPS) is 25.0. The number of carbonyl (C=O) groups is 1. The molecule has 1 fully saturated rings. The third-order valence-corrected chi connectivity index (χ3v) is 1.84. The standard InChI is InChI=1S/C2H4AsNO2/c5-2-1-4-3-6-2/h3-4H,1H2. The SMILES string of the molecule is O=C1CN[AsH]O1. The van der Waals surface area contributed by atoms with E-state index in [9.17, 15) is 4.79 Å². The molecule has 0 aromatic heterocycles. The van der Waals surface area contributed by atoms with Gasteiger partial charge in [-0.1, -0.05) is 0 Å². The maximum absolute atomic E-state index is 9.99. The molecule has 1 unspecified atom stereocenters. The van der Waals surface area contributed by atoms with Gasteiger partial charge in [0.05, 0.1) is 0 Å². The van der Waals surface area contributed by atoms with E-state index < -0.39 is 16.3 Å². The van der Waals surface area contributed by atoms with Crippen molar-refractivity contribution in [3.63, 3.8) is 0 Å². The van der Waals surface area contributed by atoms with Crippen LogP contribution in [0.15, 0.2) is 0 Å². The van der Waals surface area contributed by atoms with E-state index in [1.165, 1.54) is 0 Å². The third kappa shape index (κ3) is 0.729. The van der Waals surface area contributed by atoms with Crippen molar-refractivity contribution >= 4 is 22.3 Å². The zero-order valence-corrected chi connectivity index (χ0v) is 5.12. The van der Waals surface area contributed by atoms with Crippen LogP contribution in [-0.4, -0.2) is 28.8 Å². The average molecular weight is 149 g/mol. The van der Waals surface area contributed by atoms with Crippen molar-refractivity contribution in [2.45, 2.75) is 0 Å². The van der Waals surface area contributed by atoms with Crippen molar-refractivity contribution in [3.05, 3.63) is 0 Å². The Morgan fingerprint density at radius 3 is 3.00 bits per heavy atom. The molecule has 0 saturated carbocycles. The van der Waals surface area contributed by atoms with Gasteiger partial charge < -0.3 is 0 Å². The first-order valence-electron chi connectivity index (χ1n) is 1.57. The fourth-order valence-corrected chi connectivity index (χ4v) is 1.23. The molecule has 4 heteroatoms. The zero-order valence-electron chi connectivity index (χ0n) is 3.02. The quantitative estimate of drug-likeness (QED) is 0.421. The summed E-state index contributed by atoms with van der Waals surface area (Å²) in [7, 11) is 0. The summed E-state index contributed by atoms with van der Waals surface area (Å²) in [6.45, 7) is 0.431. The van der Waals surface area contributed by atoms with E-state index in [4.69, 9.17) is 0 Å². The fourth-order valence-electron chi connectivity index (χ4n) is 0.237. The van der Waals surface area contributed by atoms with Crippen molar-refractivity contribution in [1.29, 1.82) is 0 Å². The molecule has 1 atom stereocenters. The van der Waals surface area contributed by atoms with E-state index in [0.717, 1.165) is 0 Å². The molecule has 34 valence electrons. The second-order valence-corrected chi connectivity index (χ2v) is 2.53. The van der Waals surface area contributed by atoms with Crippen LogP contribution in [0.25, 0.3) is 0 Å². The molecular formula is C2H4AsNO2. The Balaban J connectivity index is 2.37. The number of rotatable bonds is 0. The third-order valence-electron chi connectivity index (χ3n) is 0.470. The van der Waals surface area contributed by atoms with Crippen LogP contribution in [0.5, 0.6) is 0 Å². The van der Waals surface area contributed by atoms with Gasteiger partial charge in [0.15, 0.2) is 0 Å². The molecule has 0 bridgehead atoms. The van der Waals surface area contributed by atoms with Crippen LogP contribution in [0, 0.1) is 0 Å². The van der Waals surface area contributed by atoms with Gasteiger partial charge in [-0.15, -0.1) is 0 Å². The Bertz CT molecular complexity index is 65.9. The average Bonchev–Trinajstić information content (AvgIpc) is 1.86. The summed E-state index contributed by atoms with van der Waals surface area (Å²) in [4.78, 5) is 9.99. The molecule has 1 aliphatic heterocycles. The van der Waals surface area contributed by atoms with Gasteiger partial charge in [-0.25, -0.2) is 0 Å². The van der Waals surface area contributed by atoms with Gasteiger partial charge in [0, 0.05) is 0 Å². The maximum atomic E-state index is 9.99. The van der Waals surface area contributed by atoms with Crippen LogP contribution in [0.2, 0.25) is 0 Å². The Morgan fingerprint density at radius 2 is 2.83 bits per heavy atom. The molecule has 0 spiro atoms. The summed E-state index contributed by atoms with van der Waals surface area (Å²) in [5, 5.41) is 0. The monoisotopic (exact) mass is 149 g/mol. The molecule has 0 aromatic carbocycles. The number of hydrogen-bond donors (Lipinski definition) is 1. The van der Waals surface area contributed by atoms with Crippen molar-refractivity contribution in [3.8, 4) is 0 Å². The van der Waals surface area contributed by atoms with E-state index in [0.29, 0.717) is 6.54 Å². The van der Waals surface area contributed by atoms with Gasteiger partial charge in [-0.05, 0) is 0 Å². The van der Waals surface area contributed by atoms with Crippen molar-refractivity contribution in [2.75, 3.05) is 6.54 Å². The van der Waals surface area contributed by atoms with Crippen LogP contribution in [0.1, 0.15) is 0 Å². The van der Waals surface area contributed by atoms with Crippen LogP contribution in [0.3, 0.4) is 0 Å². The van der Waals surface area contributed by atoms with Crippen LogP contribution in [0.4, 0.5) is 0 Å². The van der Waals surface area contributed by atoms with Crippen LogP contribution in [-0.2, 0) is 8.52 Å². The number of nitrogens with one attached hydrogen (secondary N) is 1. The first-order chi connectivity index (χ1) is 2.89. The Kier molecular flexibility index (Phi) is 1.13. The van der Waals surface area contributed by atoms with Crippen molar-refractivity contribution < 1.29 is 8.52 Å². The second-order valence-electron chi connectivity index (χ2n) is 0.930. The summed E-state index contributed by atoms with van der Waals surface area (Å²) in [5.41, 5.74) is 0. The molecule has 1 heterocycles. The van der Waals surface area contributed by atoms with Crippen molar-refractivity contribution in [2.24, 2.45) is 0 Å². The van der Waals surface area contributed by atoms with E-state index >= 15 is 0 Å². The summed E-state index contributed by atoms with van der Waals surface area (Å²) in [6.07, 6.45) is 0. The van der Waals surface area contributed by atoms with Crippen LogP contribution >= 0.6 is 0 Å². The Labute approximate surface area is 42.3 Å². The minimum atomic E-state index is -0.505. The molecule has 1 saturated heterocycles. The zero-order chi connectivity index (χ0) is 4.41. The summed E-state index contributed by atoms with van der Waals surface area (Å²) in [5.74, 6) is -0.102.